The number of hydrogen-bond donors (Lipinski definition) is 0. The molecule has 1 saturated heterocycles. The highest BCUT2D eigenvalue weighted by Crippen LogP contribution is 2.43. The van der Waals surface area contributed by atoms with Crippen LogP contribution in [0.5, 0.6) is 0 Å². The van der Waals surface area contributed by atoms with Gasteiger partial charge in [-0.15, -0.1) is 0 Å². The van der Waals surface area contributed by atoms with Crippen molar-refractivity contribution in [2.45, 2.75) is 48.6 Å². The first-order valence-corrected chi connectivity index (χ1v) is 8.55. The Kier molecular flexibility index (Phi) is 7.73. The molecule has 1 rings (SSSR count). The molecule has 0 saturated carbocycles. The van der Waals surface area contributed by atoms with Crippen molar-refractivity contribution < 1.29 is 9.59 Å². The number of carbonyl (C=O) groups is 2. The van der Waals surface area contributed by atoms with E-state index in [1.54, 1.807) is 6.08 Å². The van der Waals surface area contributed by atoms with Crippen LogP contribution < -0.4 is 0 Å². The maximum atomic E-state index is 12.0. The van der Waals surface area contributed by atoms with Gasteiger partial charge in [-0.1, -0.05) is 73.1 Å². The molecule has 1 fully saturated rings. The Bertz CT molecular complexity index is 382. The number of rotatable bonds is 7. The minimum Gasteiger partial charge on any atom is -0.273 e. The SMILES string of the molecule is CCCCCCC=CC1CC(=O)N(SC(Cl)(Cl)Cl)C1=O. The molecule has 0 bridgehead atoms. The van der Waals surface area contributed by atoms with E-state index in [-0.39, 0.29) is 18.2 Å². The van der Waals surface area contributed by atoms with Gasteiger partial charge >= 0.3 is 0 Å². The lowest BCUT2D eigenvalue weighted by Gasteiger charge is -2.17. The molecule has 0 aliphatic carbocycles. The molecule has 0 N–H and O–H groups in total. The van der Waals surface area contributed by atoms with E-state index in [0.29, 0.717) is 11.9 Å². The predicted octanol–water partition coefficient (Wildman–Crippen LogP) is 4.86. The summed E-state index contributed by atoms with van der Waals surface area (Å²) < 4.78 is -0.747. The van der Waals surface area contributed by atoms with E-state index in [0.717, 1.165) is 17.1 Å². The van der Waals surface area contributed by atoms with Crippen molar-refractivity contribution in [1.82, 2.24) is 4.31 Å². The van der Waals surface area contributed by atoms with Gasteiger partial charge in [0, 0.05) is 18.4 Å². The second kappa shape index (κ2) is 8.52. The quantitative estimate of drug-likeness (QED) is 0.214. The molecule has 1 atom stereocenters. The molecule has 0 aromatic carbocycles. The molecule has 20 heavy (non-hydrogen) atoms. The van der Waals surface area contributed by atoms with Crippen LogP contribution in [-0.2, 0) is 9.59 Å². The van der Waals surface area contributed by atoms with Crippen LogP contribution >= 0.6 is 46.8 Å². The number of unbranched alkanes of at least 4 members (excludes halogenated alkanes) is 4. The summed E-state index contributed by atoms with van der Waals surface area (Å²) in [6.45, 7) is 2.16. The zero-order chi connectivity index (χ0) is 15.2. The third kappa shape index (κ3) is 6.25. The Morgan fingerprint density at radius 1 is 1.30 bits per heavy atom. The molecule has 7 heteroatoms. The normalized spacial score (nSPS) is 20.4. The topological polar surface area (TPSA) is 37.4 Å². The molecular formula is C13H18Cl3NO2S. The molecule has 0 radical (unpaired) electrons. The molecule has 0 aromatic rings. The fourth-order valence-corrected chi connectivity index (χ4v) is 3.16. The van der Waals surface area contributed by atoms with Crippen molar-refractivity contribution in [3.8, 4) is 0 Å². The number of carbonyl (C=O) groups excluding carboxylic acids is 2. The van der Waals surface area contributed by atoms with Crippen molar-refractivity contribution >= 4 is 58.6 Å². The first-order chi connectivity index (χ1) is 9.35. The van der Waals surface area contributed by atoms with Crippen molar-refractivity contribution in [2.24, 2.45) is 5.92 Å². The summed E-state index contributed by atoms with van der Waals surface area (Å²) in [4.78, 5) is 23.7. The largest absolute Gasteiger partial charge is 0.273 e. The number of imide groups is 1. The van der Waals surface area contributed by atoms with Gasteiger partial charge in [0.15, 0.2) is 0 Å². The standard InChI is InChI=1S/C13H18Cl3NO2S/c1-2-3-4-5-6-7-8-10-9-11(18)17(12(10)19)20-13(14,15)16/h7-8,10H,2-6,9H2,1H3. The fraction of sp³-hybridized carbons (Fsp3) is 0.692. The van der Waals surface area contributed by atoms with E-state index in [1.807, 2.05) is 6.08 Å². The van der Waals surface area contributed by atoms with Gasteiger partial charge in [-0.25, -0.2) is 4.31 Å². The molecule has 1 aliphatic heterocycles. The Hall–Kier alpha value is 0.1000. The maximum Gasteiger partial charge on any atom is 0.256 e. The minimum absolute atomic E-state index is 0.151. The van der Waals surface area contributed by atoms with Gasteiger partial charge in [0.05, 0.1) is 5.92 Å². The number of nitrogens with zero attached hydrogens (tertiary/aromatic N) is 1. The van der Waals surface area contributed by atoms with E-state index < -0.39 is 9.04 Å². The zero-order valence-corrected chi connectivity index (χ0v) is 14.4. The molecule has 3 nitrogen and oxygen atoms in total. The summed E-state index contributed by atoms with van der Waals surface area (Å²) in [5, 5.41) is 0. The Morgan fingerprint density at radius 3 is 2.60 bits per heavy atom. The van der Waals surface area contributed by atoms with Gasteiger partial charge in [-0.05, 0) is 12.8 Å². The zero-order valence-electron chi connectivity index (χ0n) is 11.3. The number of amides is 2. The van der Waals surface area contributed by atoms with E-state index in [2.05, 4.69) is 6.92 Å². The molecule has 1 heterocycles. The number of allylic oxidation sites excluding steroid dienone is 1. The van der Waals surface area contributed by atoms with Crippen molar-refractivity contribution in [2.75, 3.05) is 0 Å². The third-order valence-electron chi connectivity index (χ3n) is 2.93. The lowest BCUT2D eigenvalue weighted by Crippen LogP contribution is -2.26. The van der Waals surface area contributed by atoms with E-state index in [4.69, 9.17) is 34.8 Å². The number of halogens is 3. The monoisotopic (exact) mass is 357 g/mol. The van der Waals surface area contributed by atoms with Crippen molar-refractivity contribution in [1.29, 1.82) is 0 Å². The Labute approximate surface area is 139 Å². The van der Waals surface area contributed by atoms with E-state index in [1.165, 1.54) is 19.3 Å². The van der Waals surface area contributed by atoms with Crippen LogP contribution in [0.4, 0.5) is 0 Å². The highest BCUT2D eigenvalue weighted by Gasteiger charge is 2.41. The van der Waals surface area contributed by atoms with Crippen LogP contribution in [0.2, 0.25) is 0 Å². The van der Waals surface area contributed by atoms with Crippen LogP contribution in [0.15, 0.2) is 12.2 Å². The van der Waals surface area contributed by atoms with Gasteiger partial charge in [0.2, 0.25) is 11.8 Å². The lowest BCUT2D eigenvalue weighted by molar-refractivity contribution is -0.132. The van der Waals surface area contributed by atoms with Crippen molar-refractivity contribution in [3.63, 3.8) is 0 Å². The summed E-state index contributed by atoms with van der Waals surface area (Å²) >= 11 is 17.4. The molecule has 2 amide bonds. The first-order valence-electron chi connectivity index (χ1n) is 6.64. The van der Waals surface area contributed by atoms with Crippen LogP contribution in [0.1, 0.15) is 45.4 Å². The van der Waals surface area contributed by atoms with E-state index >= 15 is 0 Å². The fourth-order valence-electron chi connectivity index (χ4n) is 1.93. The number of hydrogen-bond acceptors (Lipinski definition) is 3. The second-order valence-corrected chi connectivity index (χ2v) is 8.77. The summed E-state index contributed by atoms with van der Waals surface area (Å²) in [5.41, 5.74) is 0. The third-order valence-corrected chi connectivity index (χ3v) is 4.32. The number of alkyl halides is 3. The van der Waals surface area contributed by atoms with Crippen LogP contribution in [0, 0.1) is 5.92 Å². The van der Waals surface area contributed by atoms with Gasteiger partial charge in [-0.3, -0.25) is 9.59 Å². The Morgan fingerprint density at radius 2 is 2.00 bits per heavy atom. The van der Waals surface area contributed by atoms with Crippen LogP contribution in [-0.4, -0.2) is 19.2 Å². The van der Waals surface area contributed by atoms with Gasteiger partial charge in [0.25, 0.3) is 3.12 Å². The average molecular weight is 359 g/mol. The smallest absolute Gasteiger partial charge is 0.256 e. The minimum atomic E-state index is -1.70. The molecule has 1 unspecified atom stereocenters. The van der Waals surface area contributed by atoms with E-state index in [9.17, 15) is 9.59 Å². The summed E-state index contributed by atoms with van der Waals surface area (Å²) in [6, 6.07) is 0. The highest BCUT2D eigenvalue weighted by molar-refractivity contribution is 8.03. The van der Waals surface area contributed by atoms with Gasteiger partial charge in [0.1, 0.15) is 0 Å². The summed E-state index contributed by atoms with van der Waals surface area (Å²) in [7, 11) is 0. The average Bonchev–Trinajstić information content (AvgIpc) is 2.60. The van der Waals surface area contributed by atoms with Crippen molar-refractivity contribution in [3.05, 3.63) is 12.2 Å². The highest BCUT2D eigenvalue weighted by atomic mass is 35.6. The molecule has 0 spiro atoms. The maximum absolute atomic E-state index is 12.0. The second-order valence-electron chi connectivity index (χ2n) is 4.65. The predicted molar refractivity (Wildman–Crippen MR) is 85.7 cm³/mol. The first kappa shape index (κ1) is 18.1. The Balaban J connectivity index is 2.43. The molecule has 1 aliphatic rings. The summed E-state index contributed by atoms with van der Waals surface area (Å²) in [5.74, 6) is -1.04. The lowest BCUT2D eigenvalue weighted by atomic mass is 10.1. The van der Waals surface area contributed by atoms with Crippen LogP contribution in [0.25, 0.3) is 0 Å². The molecule has 114 valence electrons. The summed E-state index contributed by atoms with van der Waals surface area (Å²) in [6.07, 6.45) is 9.55. The molecular weight excluding hydrogens is 341 g/mol. The molecule has 0 aromatic heterocycles. The van der Waals surface area contributed by atoms with Crippen LogP contribution in [0.3, 0.4) is 0 Å². The van der Waals surface area contributed by atoms with Gasteiger partial charge in [-0.2, -0.15) is 0 Å². The van der Waals surface area contributed by atoms with Gasteiger partial charge < -0.3 is 0 Å².